The van der Waals surface area contributed by atoms with Crippen LogP contribution < -0.4 is 10.2 Å². The molecule has 0 atom stereocenters. The number of aromatic nitrogens is 2. The molecule has 2 aromatic rings. The van der Waals surface area contributed by atoms with E-state index in [0.29, 0.717) is 13.1 Å². The lowest BCUT2D eigenvalue weighted by atomic mass is 10.1. The first-order valence-corrected chi connectivity index (χ1v) is 8.51. The molecule has 1 aliphatic heterocycles. The molecule has 10 heteroatoms. The van der Waals surface area contributed by atoms with Gasteiger partial charge in [-0.05, 0) is 30.9 Å². The molecule has 0 bridgehead atoms. The van der Waals surface area contributed by atoms with E-state index in [9.17, 15) is 23.3 Å². The van der Waals surface area contributed by atoms with Crippen molar-refractivity contribution in [2.75, 3.05) is 23.3 Å². The van der Waals surface area contributed by atoms with E-state index >= 15 is 0 Å². The fourth-order valence-electron chi connectivity index (χ4n) is 3.13. The molecule has 2 heterocycles. The minimum Gasteiger partial charge on any atom is -0.360 e. The zero-order chi connectivity index (χ0) is 19.4. The lowest BCUT2D eigenvalue weighted by Crippen LogP contribution is -2.31. The van der Waals surface area contributed by atoms with Crippen molar-refractivity contribution in [3.63, 3.8) is 0 Å². The highest BCUT2D eigenvalue weighted by Gasteiger charge is 2.33. The van der Waals surface area contributed by atoms with Gasteiger partial charge in [-0.1, -0.05) is 18.2 Å². The van der Waals surface area contributed by atoms with Crippen LogP contribution in [0.5, 0.6) is 0 Å². The van der Waals surface area contributed by atoms with E-state index in [4.69, 9.17) is 0 Å². The number of benzene rings is 1. The number of halogens is 3. The largest absolute Gasteiger partial charge is 0.416 e. The summed E-state index contributed by atoms with van der Waals surface area (Å²) in [5.41, 5.74) is -1.12. The maximum absolute atomic E-state index is 13.1. The number of rotatable bonds is 5. The Bertz CT molecular complexity index is 822. The van der Waals surface area contributed by atoms with Gasteiger partial charge in [-0.3, -0.25) is 10.1 Å². The summed E-state index contributed by atoms with van der Waals surface area (Å²) in [5.74, 6) is 0.105. The number of anilines is 2. The van der Waals surface area contributed by atoms with Crippen molar-refractivity contribution in [2.45, 2.75) is 32.0 Å². The van der Waals surface area contributed by atoms with Gasteiger partial charge in [0.2, 0.25) is 11.6 Å². The Morgan fingerprint density at radius 1 is 1.15 bits per heavy atom. The summed E-state index contributed by atoms with van der Waals surface area (Å²) >= 11 is 0. The average molecular weight is 381 g/mol. The van der Waals surface area contributed by atoms with Gasteiger partial charge in [0.15, 0.2) is 0 Å². The number of nitrogens with zero attached hydrogens (tertiary/aromatic N) is 4. The maximum atomic E-state index is 13.1. The van der Waals surface area contributed by atoms with Crippen LogP contribution in [0.3, 0.4) is 0 Å². The predicted molar refractivity (Wildman–Crippen MR) is 93.5 cm³/mol. The Balaban J connectivity index is 1.89. The van der Waals surface area contributed by atoms with Crippen molar-refractivity contribution in [2.24, 2.45) is 0 Å². The highest BCUT2D eigenvalue weighted by atomic mass is 19.4. The Kier molecular flexibility index (Phi) is 5.43. The third kappa shape index (κ3) is 4.26. The zero-order valence-corrected chi connectivity index (χ0v) is 14.4. The Morgan fingerprint density at radius 2 is 1.85 bits per heavy atom. The zero-order valence-electron chi connectivity index (χ0n) is 14.4. The van der Waals surface area contributed by atoms with Crippen LogP contribution in [0.25, 0.3) is 0 Å². The summed E-state index contributed by atoms with van der Waals surface area (Å²) in [6.07, 6.45) is -0.454. The normalized spacial score (nSPS) is 14.9. The minimum absolute atomic E-state index is 0.0163. The van der Waals surface area contributed by atoms with E-state index in [0.717, 1.165) is 25.3 Å². The molecule has 0 aliphatic carbocycles. The van der Waals surface area contributed by atoms with E-state index in [2.05, 4.69) is 15.3 Å². The van der Waals surface area contributed by atoms with Gasteiger partial charge in [0.1, 0.15) is 6.33 Å². The van der Waals surface area contributed by atoms with Crippen LogP contribution in [0.2, 0.25) is 0 Å². The van der Waals surface area contributed by atoms with Crippen molar-refractivity contribution in [3.05, 3.63) is 51.8 Å². The molecule has 0 radical (unpaired) electrons. The van der Waals surface area contributed by atoms with Crippen molar-refractivity contribution in [3.8, 4) is 0 Å². The minimum atomic E-state index is -4.51. The number of hydrogen-bond acceptors (Lipinski definition) is 6. The Labute approximate surface area is 153 Å². The maximum Gasteiger partial charge on any atom is 0.416 e. The SMILES string of the molecule is O=[N+]([O-])c1c(NCc2ccccc2C(F)(F)F)ncnc1N1CCCCC1. The summed E-state index contributed by atoms with van der Waals surface area (Å²) in [5, 5.41) is 14.3. The monoisotopic (exact) mass is 381 g/mol. The van der Waals surface area contributed by atoms with Crippen LogP contribution in [0, 0.1) is 10.1 Å². The number of alkyl halides is 3. The number of hydrogen-bond donors (Lipinski definition) is 1. The molecule has 1 saturated heterocycles. The second-order valence-electron chi connectivity index (χ2n) is 6.21. The molecule has 1 N–H and O–H groups in total. The molecule has 3 rings (SSSR count). The standard InChI is InChI=1S/C17H18F3N5O2/c18-17(19,20)13-7-3-2-6-12(13)10-21-15-14(25(26)27)16(23-11-22-15)24-8-4-1-5-9-24/h2-3,6-7,11H,1,4-5,8-10H2,(H,21,22,23). The fraction of sp³-hybridized carbons (Fsp3) is 0.412. The smallest absolute Gasteiger partial charge is 0.360 e. The van der Waals surface area contributed by atoms with Gasteiger partial charge in [0.05, 0.1) is 10.5 Å². The van der Waals surface area contributed by atoms with Crippen LogP contribution in [0.15, 0.2) is 30.6 Å². The van der Waals surface area contributed by atoms with E-state index < -0.39 is 16.7 Å². The first kappa shape index (κ1) is 18.9. The van der Waals surface area contributed by atoms with Crippen LogP contribution in [0.4, 0.5) is 30.5 Å². The van der Waals surface area contributed by atoms with E-state index in [1.807, 2.05) is 4.90 Å². The summed E-state index contributed by atoms with van der Waals surface area (Å²) in [4.78, 5) is 20.8. The Morgan fingerprint density at radius 3 is 2.52 bits per heavy atom. The molecule has 144 valence electrons. The molecule has 0 spiro atoms. The number of nitro groups is 1. The first-order valence-electron chi connectivity index (χ1n) is 8.51. The van der Waals surface area contributed by atoms with Crippen molar-refractivity contribution >= 4 is 17.3 Å². The molecule has 7 nitrogen and oxygen atoms in total. The van der Waals surface area contributed by atoms with E-state index in [-0.39, 0.29) is 29.4 Å². The number of piperidine rings is 1. The molecular weight excluding hydrogens is 363 g/mol. The van der Waals surface area contributed by atoms with Crippen LogP contribution in [-0.4, -0.2) is 28.0 Å². The fourth-order valence-corrected chi connectivity index (χ4v) is 3.13. The molecule has 1 fully saturated rings. The molecule has 0 amide bonds. The Hall–Kier alpha value is -2.91. The first-order chi connectivity index (χ1) is 12.9. The lowest BCUT2D eigenvalue weighted by molar-refractivity contribution is -0.383. The molecule has 1 aromatic heterocycles. The summed E-state index contributed by atoms with van der Waals surface area (Å²) < 4.78 is 39.4. The summed E-state index contributed by atoms with van der Waals surface area (Å²) in [6.45, 7) is 1.05. The van der Waals surface area contributed by atoms with Crippen molar-refractivity contribution < 1.29 is 18.1 Å². The number of nitrogens with one attached hydrogen (secondary N) is 1. The predicted octanol–water partition coefficient (Wildman–Crippen LogP) is 4.01. The summed E-state index contributed by atoms with van der Waals surface area (Å²) in [6, 6.07) is 5.09. The van der Waals surface area contributed by atoms with Crippen LogP contribution >= 0.6 is 0 Å². The average Bonchev–Trinajstić information content (AvgIpc) is 2.66. The van der Waals surface area contributed by atoms with Gasteiger partial charge in [0.25, 0.3) is 0 Å². The quantitative estimate of drug-likeness (QED) is 0.622. The van der Waals surface area contributed by atoms with E-state index in [1.165, 1.54) is 24.5 Å². The van der Waals surface area contributed by atoms with Gasteiger partial charge < -0.3 is 10.2 Å². The van der Waals surface area contributed by atoms with Crippen LogP contribution in [-0.2, 0) is 12.7 Å². The van der Waals surface area contributed by atoms with Gasteiger partial charge in [-0.2, -0.15) is 13.2 Å². The van der Waals surface area contributed by atoms with Gasteiger partial charge >= 0.3 is 11.9 Å². The summed E-state index contributed by atoms with van der Waals surface area (Å²) in [7, 11) is 0. The second kappa shape index (κ2) is 7.77. The van der Waals surface area contributed by atoms with Gasteiger partial charge in [-0.15, -0.1) is 0 Å². The van der Waals surface area contributed by atoms with Crippen LogP contribution in [0.1, 0.15) is 30.4 Å². The molecule has 0 saturated carbocycles. The third-order valence-corrected chi connectivity index (χ3v) is 4.41. The van der Waals surface area contributed by atoms with Crippen molar-refractivity contribution in [1.82, 2.24) is 9.97 Å². The van der Waals surface area contributed by atoms with Gasteiger partial charge in [0, 0.05) is 19.6 Å². The van der Waals surface area contributed by atoms with Crippen molar-refractivity contribution in [1.29, 1.82) is 0 Å². The second-order valence-corrected chi connectivity index (χ2v) is 6.21. The molecule has 27 heavy (non-hydrogen) atoms. The molecule has 1 aliphatic rings. The molecule has 0 unspecified atom stereocenters. The topological polar surface area (TPSA) is 84.2 Å². The third-order valence-electron chi connectivity index (χ3n) is 4.41. The lowest BCUT2D eigenvalue weighted by Gasteiger charge is -2.27. The van der Waals surface area contributed by atoms with E-state index in [1.54, 1.807) is 0 Å². The molecule has 1 aromatic carbocycles. The van der Waals surface area contributed by atoms with Gasteiger partial charge in [-0.25, -0.2) is 9.97 Å². The molecular formula is C17H18F3N5O2. The highest BCUT2D eigenvalue weighted by Crippen LogP contribution is 2.35. The highest BCUT2D eigenvalue weighted by molar-refractivity contribution is 5.70.